The van der Waals surface area contributed by atoms with E-state index in [4.69, 9.17) is 0 Å². The first-order chi connectivity index (χ1) is 6.24. The number of hydrogen-bond donors (Lipinski definition) is 0. The zero-order chi connectivity index (χ0) is 9.68. The maximum absolute atomic E-state index is 2.65. The molecule has 0 unspecified atom stereocenters. The molecule has 1 aliphatic carbocycles. The molecule has 0 aromatic carbocycles. The summed E-state index contributed by atoms with van der Waals surface area (Å²) < 4.78 is 0. The van der Waals surface area contributed by atoms with Crippen LogP contribution in [0.4, 0.5) is 0 Å². The smallest absolute Gasteiger partial charge is 0.00963 e. The van der Waals surface area contributed by atoms with Gasteiger partial charge in [0.2, 0.25) is 0 Å². The van der Waals surface area contributed by atoms with E-state index in [1.807, 2.05) is 0 Å². The van der Waals surface area contributed by atoms with Crippen LogP contribution in [-0.2, 0) is 0 Å². The van der Waals surface area contributed by atoms with Crippen LogP contribution in [0.2, 0.25) is 0 Å². The van der Waals surface area contributed by atoms with Crippen LogP contribution in [0.25, 0.3) is 0 Å². The minimum Gasteiger partial charge on any atom is -0.301 e. The molecule has 0 bridgehead atoms. The molecule has 0 radical (unpaired) electrons. The normalized spacial score (nSPS) is 17.3. The van der Waals surface area contributed by atoms with Gasteiger partial charge in [-0.15, -0.1) is 0 Å². The van der Waals surface area contributed by atoms with E-state index >= 15 is 0 Å². The van der Waals surface area contributed by atoms with Gasteiger partial charge in [-0.2, -0.15) is 0 Å². The van der Waals surface area contributed by atoms with Crippen molar-refractivity contribution < 1.29 is 0 Å². The molecule has 1 rings (SSSR count). The van der Waals surface area contributed by atoms with Crippen molar-refractivity contribution in [1.29, 1.82) is 0 Å². The Bertz CT molecular complexity index is 127. The van der Waals surface area contributed by atoms with Crippen LogP contribution >= 0.6 is 0 Å². The van der Waals surface area contributed by atoms with Gasteiger partial charge in [-0.1, -0.05) is 33.6 Å². The molecule has 13 heavy (non-hydrogen) atoms. The van der Waals surface area contributed by atoms with Gasteiger partial charge in [-0.25, -0.2) is 0 Å². The van der Waals surface area contributed by atoms with Crippen molar-refractivity contribution in [3.8, 4) is 0 Å². The molecule has 0 spiro atoms. The second-order valence-corrected chi connectivity index (χ2v) is 4.75. The highest BCUT2D eigenvalue weighted by atomic mass is 15.2. The Balaban J connectivity index is 1.96. The number of unbranched alkanes of at least 4 members (excludes halogenated alkanes) is 1. The summed E-state index contributed by atoms with van der Waals surface area (Å²) in [6.45, 7) is 9.53. The Morgan fingerprint density at radius 3 is 2.38 bits per heavy atom. The molecule has 1 fully saturated rings. The molecule has 0 heterocycles. The Kier molecular flexibility index (Phi) is 4.79. The van der Waals surface area contributed by atoms with Crippen molar-refractivity contribution in [2.24, 2.45) is 5.92 Å². The molecule has 0 aromatic heterocycles. The first-order valence-corrected chi connectivity index (χ1v) is 5.98. The Morgan fingerprint density at radius 1 is 1.23 bits per heavy atom. The molecule has 0 aromatic rings. The molecular formula is C12H25N. The van der Waals surface area contributed by atoms with Crippen LogP contribution in [0.3, 0.4) is 0 Å². The zero-order valence-corrected chi connectivity index (χ0v) is 9.55. The summed E-state index contributed by atoms with van der Waals surface area (Å²) in [5, 5.41) is 0. The third kappa shape index (κ3) is 4.66. The lowest BCUT2D eigenvalue weighted by molar-refractivity contribution is 0.269. The fraction of sp³-hybridized carbons (Fsp3) is 1.00. The quantitative estimate of drug-likeness (QED) is 0.547. The van der Waals surface area contributed by atoms with Crippen molar-refractivity contribution in [3.63, 3.8) is 0 Å². The summed E-state index contributed by atoms with van der Waals surface area (Å²) >= 11 is 0. The SMILES string of the molecule is CCN(CCCCC(C)C)C1CC1. The minimum absolute atomic E-state index is 0.885. The molecule has 0 aliphatic heterocycles. The monoisotopic (exact) mass is 183 g/mol. The molecule has 1 nitrogen and oxygen atoms in total. The molecule has 1 saturated carbocycles. The highest BCUT2D eigenvalue weighted by Crippen LogP contribution is 2.26. The number of hydrogen-bond acceptors (Lipinski definition) is 1. The Hall–Kier alpha value is -0.0400. The predicted octanol–water partition coefficient (Wildman–Crippen LogP) is 3.30. The van der Waals surface area contributed by atoms with E-state index in [0.29, 0.717) is 0 Å². The van der Waals surface area contributed by atoms with Gasteiger partial charge in [0.1, 0.15) is 0 Å². The second kappa shape index (κ2) is 5.64. The summed E-state index contributed by atoms with van der Waals surface area (Å²) in [6, 6.07) is 0.962. The molecule has 1 aliphatic rings. The van der Waals surface area contributed by atoms with Crippen LogP contribution in [0, 0.1) is 5.92 Å². The maximum Gasteiger partial charge on any atom is 0.00963 e. The summed E-state index contributed by atoms with van der Waals surface area (Å²) in [5.41, 5.74) is 0. The standard InChI is InChI=1S/C12H25N/c1-4-13(12-8-9-12)10-6-5-7-11(2)3/h11-12H,4-10H2,1-3H3. The largest absolute Gasteiger partial charge is 0.301 e. The van der Waals surface area contributed by atoms with Crippen LogP contribution < -0.4 is 0 Å². The molecule has 0 atom stereocenters. The van der Waals surface area contributed by atoms with Gasteiger partial charge < -0.3 is 4.90 Å². The van der Waals surface area contributed by atoms with E-state index in [1.54, 1.807) is 0 Å². The Labute approximate surface area is 83.5 Å². The second-order valence-electron chi connectivity index (χ2n) is 4.75. The number of nitrogens with zero attached hydrogens (tertiary/aromatic N) is 1. The zero-order valence-electron chi connectivity index (χ0n) is 9.55. The van der Waals surface area contributed by atoms with Gasteiger partial charge in [-0.05, 0) is 38.3 Å². The van der Waals surface area contributed by atoms with Gasteiger partial charge in [0.05, 0.1) is 0 Å². The van der Waals surface area contributed by atoms with Gasteiger partial charge >= 0.3 is 0 Å². The fourth-order valence-electron chi connectivity index (χ4n) is 1.91. The van der Waals surface area contributed by atoms with Crippen molar-refractivity contribution in [2.45, 2.75) is 58.9 Å². The van der Waals surface area contributed by atoms with Gasteiger partial charge in [0.25, 0.3) is 0 Å². The highest BCUT2D eigenvalue weighted by molar-refractivity contribution is 4.83. The van der Waals surface area contributed by atoms with E-state index in [2.05, 4.69) is 25.7 Å². The molecule has 1 heteroatoms. The first-order valence-electron chi connectivity index (χ1n) is 5.98. The van der Waals surface area contributed by atoms with Crippen LogP contribution in [-0.4, -0.2) is 24.0 Å². The van der Waals surface area contributed by atoms with E-state index in [1.165, 1.54) is 45.2 Å². The minimum atomic E-state index is 0.885. The molecular weight excluding hydrogens is 158 g/mol. The first kappa shape index (κ1) is 11.0. The van der Waals surface area contributed by atoms with Crippen molar-refractivity contribution in [1.82, 2.24) is 4.90 Å². The van der Waals surface area contributed by atoms with Crippen LogP contribution in [0.5, 0.6) is 0 Å². The average Bonchev–Trinajstić information content (AvgIpc) is 2.87. The average molecular weight is 183 g/mol. The molecule has 0 N–H and O–H groups in total. The van der Waals surface area contributed by atoms with Gasteiger partial charge in [0.15, 0.2) is 0 Å². The molecule has 0 saturated heterocycles. The third-order valence-corrected chi connectivity index (χ3v) is 2.95. The number of rotatable bonds is 7. The van der Waals surface area contributed by atoms with E-state index in [0.717, 1.165) is 12.0 Å². The van der Waals surface area contributed by atoms with Crippen molar-refractivity contribution >= 4 is 0 Å². The van der Waals surface area contributed by atoms with Crippen molar-refractivity contribution in [3.05, 3.63) is 0 Å². The summed E-state index contributed by atoms with van der Waals surface area (Å²) in [7, 11) is 0. The third-order valence-electron chi connectivity index (χ3n) is 2.95. The predicted molar refractivity (Wildman–Crippen MR) is 59.0 cm³/mol. The summed E-state index contributed by atoms with van der Waals surface area (Å²) in [6.07, 6.45) is 7.14. The molecule has 78 valence electrons. The van der Waals surface area contributed by atoms with Gasteiger partial charge in [0, 0.05) is 6.04 Å². The highest BCUT2D eigenvalue weighted by Gasteiger charge is 2.26. The summed E-state index contributed by atoms with van der Waals surface area (Å²) in [4.78, 5) is 2.65. The van der Waals surface area contributed by atoms with Crippen LogP contribution in [0.1, 0.15) is 52.9 Å². The van der Waals surface area contributed by atoms with E-state index in [-0.39, 0.29) is 0 Å². The van der Waals surface area contributed by atoms with Crippen LogP contribution in [0.15, 0.2) is 0 Å². The summed E-state index contributed by atoms with van der Waals surface area (Å²) in [5.74, 6) is 0.885. The van der Waals surface area contributed by atoms with Gasteiger partial charge in [-0.3, -0.25) is 0 Å². The lowest BCUT2D eigenvalue weighted by Gasteiger charge is -2.19. The molecule has 0 amide bonds. The Morgan fingerprint density at radius 2 is 1.92 bits per heavy atom. The maximum atomic E-state index is 2.65. The lowest BCUT2D eigenvalue weighted by atomic mass is 10.1. The topological polar surface area (TPSA) is 3.24 Å². The van der Waals surface area contributed by atoms with E-state index in [9.17, 15) is 0 Å². The van der Waals surface area contributed by atoms with Crippen molar-refractivity contribution in [2.75, 3.05) is 13.1 Å². The van der Waals surface area contributed by atoms with E-state index < -0.39 is 0 Å². The fourth-order valence-corrected chi connectivity index (χ4v) is 1.91. The lowest BCUT2D eigenvalue weighted by Crippen LogP contribution is -2.26.